The van der Waals surface area contributed by atoms with Crippen LogP contribution < -0.4 is 25.0 Å². The lowest BCUT2D eigenvalue weighted by molar-refractivity contribution is 0.321. The Morgan fingerprint density at radius 3 is 2.52 bits per heavy atom. The molecule has 7 nitrogen and oxygen atoms in total. The maximum absolute atomic E-state index is 5.73. The van der Waals surface area contributed by atoms with E-state index in [1.165, 1.54) is 0 Å². The van der Waals surface area contributed by atoms with E-state index in [-0.39, 0.29) is 0 Å². The Balaban J connectivity index is 1.86. The smallest absolute Gasteiger partial charge is 0.191 e. The van der Waals surface area contributed by atoms with Crippen LogP contribution in [0.3, 0.4) is 0 Å². The van der Waals surface area contributed by atoms with Gasteiger partial charge in [-0.2, -0.15) is 0 Å². The summed E-state index contributed by atoms with van der Waals surface area (Å²) in [5.41, 5.74) is 1.08. The van der Waals surface area contributed by atoms with Crippen molar-refractivity contribution >= 4 is 11.8 Å². The molecule has 0 atom stereocenters. The predicted molar refractivity (Wildman–Crippen MR) is 110 cm³/mol. The summed E-state index contributed by atoms with van der Waals surface area (Å²) >= 11 is 0. The van der Waals surface area contributed by atoms with Gasteiger partial charge in [0.1, 0.15) is 23.9 Å². The van der Waals surface area contributed by atoms with E-state index in [0.717, 1.165) is 35.4 Å². The summed E-state index contributed by atoms with van der Waals surface area (Å²) in [6, 6.07) is 11.5. The number of benzene rings is 1. The second-order valence-corrected chi connectivity index (χ2v) is 6.03. The maximum atomic E-state index is 5.73. The molecule has 0 aliphatic rings. The number of guanidine groups is 1. The van der Waals surface area contributed by atoms with Crippen molar-refractivity contribution in [3.05, 3.63) is 48.2 Å². The highest BCUT2D eigenvalue weighted by Crippen LogP contribution is 2.17. The standard InChI is InChI=1S/C20H29N5O2/c1-5-21-20(24-15-16-7-6-12-22-19(16)25(2)3)23-13-14-27-18-10-8-17(26-4)9-11-18/h6-12H,5,13-15H2,1-4H3,(H2,21,23,24). The van der Waals surface area contributed by atoms with Gasteiger partial charge < -0.3 is 25.0 Å². The number of ether oxygens (including phenoxy) is 2. The fraction of sp³-hybridized carbons (Fsp3) is 0.400. The number of anilines is 1. The molecule has 2 N–H and O–H groups in total. The van der Waals surface area contributed by atoms with Gasteiger partial charge in [0.15, 0.2) is 5.96 Å². The predicted octanol–water partition coefficient (Wildman–Crippen LogP) is 2.29. The van der Waals surface area contributed by atoms with Crippen LogP contribution in [0.15, 0.2) is 47.6 Å². The molecule has 27 heavy (non-hydrogen) atoms. The number of rotatable bonds is 9. The summed E-state index contributed by atoms with van der Waals surface area (Å²) in [7, 11) is 5.61. The van der Waals surface area contributed by atoms with Crippen LogP contribution >= 0.6 is 0 Å². The molecule has 0 spiro atoms. The average molecular weight is 371 g/mol. The van der Waals surface area contributed by atoms with Crippen LogP contribution in [0.1, 0.15) is 12.5 Å². The first-order valence-electron chi connectivity index (χ1n) is 9.04. The lowest BCUT2D eigenvalue weighted by Crippen LogP contribution is -2.39. The summed E-state index contributed by atoms with van der Waals surface area (Å²) in [6.07, 6.45) is 1.79. The molecule has 0 aliphatic carbocycles. The highest BCUT2D eigenvalue weighted by atomic mass is 16.5. The summed E-state index contributed by atoms with van der Waals surface area (Å²) in [4.78, 5) is 11.1. The van der Waals surface area contributed by atoms with Gasteiger partial charge in [0, 0.05) is 32.4 Å². The Kier molecular flexibility index (Phi) is 8.22. The number of hydrogen-bond donors (Lipinski definition) is 2. The number of hydrogen-bond acceptors (Lipinski definition) is 5. The maximum Gasteiger partial charge on any atom is 0.191 e. The lowest BCUT2D eigenvalue weighted by Gasteiger charge is -2.16. The van der Waals surface area contributed by atoms with E-state index in [1.54, 1.807) is 13.3 Å². The monoisotopic (exact) mass is 371 g/mol. The van der Waals surface area contributed by atoms with Crippen LogP contribution in [0.4, 0.5) is 5.82 Å². The SMILES string of the molecule is CCNC(=NCc1cccnc1N(C)C)NCCOc1ccc(OC)cc1. The van der Waals surface area contributed by atoms with Crippen molar-refractivity contribution in [3.8, 4) is 11.5 Å². The molecule has 2 rings (SSSR count). The summed E-state index contributed by atoms with van der Waals surface area (Å²) < 4.78 is 10.9. The van der Waals surface area contributed by atoms with E-state index in [9.17, 15) is 0 Å². The van der Waals surface area contributed by atoms with Crippen molar-refractivity contribution < 1.29 is 9.47 Å². The number of aliphatic imine (C=N–C) groups is 1. The quantitative estimate of drug-likeness (QED) is 0.400. The zero-order chi connectivity index (χ0) is 19.5. The van der Waals surface area contributed by atoms with Gasteiger partial charge in [0.25, 0.3) is 0 Å². The molecule has 0 amide bonds. The van der Waals surface area contributed by atoms with E-state index >= 15 is 0 Å². The molecule has 0 aliphatic heterocycles. The fourth-order valence-corrected chi connectivity index (χ4v) is 2.47. The van der Waals surface area contributed by atoms with Crippen molar-refractivity contribution in [2.75, 3.05) is 45.8 Å². The third-order valence-electron chi connectivity index (χ3n) is 3.77. The molecule has 0 saturated heterocycles. The minimum absolute atomic E-state index is 0.534. The first kappa shape index (κ1) is 20.4. The number of nitrogens with one attached hydrogen (secondary N) is 2. The van der Waals surface area contributed by atoms with Gasteiger partial charge in [-0.3, -0.25) is 0 Å². The molecule has 0 unspecified atom stereocenters. The molecule has 0 fully saturated rings. The summed E-state index contributed by atoms with van der Waals surface area (Å²) in [5.74, 6) is 3.31. The first-order chi connectivity index (χ1) is 13.1. The number of pyridine rings is 1. The molecule has 1 heterocycles. The Morgan fingerprint density at radius 1 is 1.11 bits per heavy atom. The van der Waals surface area contributed by atoms with Gasteiger partial charge in [-0.05, 0) is 37.3 Å². The Labute approximate surface area is 161 Å². The average Bonchev–Trinajstić information content (AvgIpc) is 2.69. The van der Waals surface area contributed by atoms with E-state index in [4.69, 9.17) is 9.47 Å². The van der Waals surface area contributed by atoms with Crippen LogP contribution in [0.2, 0.25) is 0 Å². The molecule has 146 valence electrons. The van der Waals surface area contributed by atoms with Crippen molar-refractivity contribution in [2.45, 2.75) is 13.5 Å². The van der Waals surface area contributed by atoms with Gasteiger partial charge in [-0.25, -0.2) is 9.98 Å². The van der Waals surface area contributed by atoms with Gasteiger partial charge in [-0.15, -0.1) is 0 Å². The highest BCUT2D eigenvalue weighted by Gasteiger charge is 2.05. The number of nitrogens with zero attached hydrogens (tertiary/aromatic N) is 3. The van der Waals surface area contributed by atoms with E-state index < -0.39 is 0 Å². The van der Waals surface area contributed by atoms with Crippen LogP contribution in [0, 0.1) is 0 Å². The van der Waals surface area contributed by atoms with Crippen molar-refractivity contribution in [3.63, 3.8) is 0 Å². The number of methoxy groups -OCH3 is 1. The minimum Gasteiger partial charge on any atom is -0.497 e. The third kappa shape index (κ3) is 6.69. The van der Waals surface area contributed by atoms with Crippen LogP contribution in [-0.2, 0) is 6.54 Å². The van der Waals surface area contributed by atoms with Crippen LogP contribution in [0.25, 0.3) is 0 Å². The molecule has 1 aromatic carbocycles. The highest BCUT2D eigenvalue weighted by molar-refractivity contribution is 5.79. The van der Waals surface area contributed by atoms with E-state index in [0.29, 0.717) is 19.7 Å². The molecule has 0 saturated carbocycles. The first-order valence-corrected chi connectivity index (χ1v) is 9.04. The van der Waals surface area contributed by atoms with Crippen molar-refractivity contribution in [2.24, 2.45) is 4.99 Å². The van der Waals surface area contributed by atoms with E-state index in [2.05, 4.69) is 20.6 Å². The number of aromatic nitrogens is 1. The molecular formula is C20H29N5O2. The van der Waals surface area contributed by atoms with Crippen molar-refractivity contribution in [1.29, 1.82) is 0 Å². The molecule has 7 heteroatoms. The lowest BCUT2D eigenvalue weighted by atomic mass is 10.2. The molecule has 1 aromatic heterocycles. The second-order valence-electron chi connectivity index (χ2n) is 6.03. The zero-order valence-electron chi connectivity index (χ0n) is 16.5. The Morgan fingerprint density at radius 2 is 1.85 bits per heavy atom. The Hall–Kier alpha value is -2.96. The van der Waals surface area contributed by atoms with E-state index in [1.807, 2.05) is 62.3 Å². The summed E-state index contributed by atoms with van der Waals surface area (Å²) in [6.45, 7) is 4.56. The normalized spacial score (nSPS) is 11.0. The molecule has 2 aromatic rings. The fourth-order valence-electron chi connectivity index (χ4n) is 2.47. The van der Waals surface area contributed by atoms with Gasteiger partial charge >= 0.3 is 0 Å². The van der Waals surface area contributed by atoms with Gasteiger partial charge in [0.2, 0.25) is 0 Å². The summed E-state index contributed by atoms with van der Waals surface area (Å²) in [5, 5.41) is 6.54. The van der Waals surface area contributed by atoms with Crippen molar-refractivity contribution in [1.82, 2.24) is 15.6 Å². The topological polar surface area (TPSA) is 71.0 Å². The molecule has 0 bridgehead atoms. The van der Waals surface area contributed by atoms with Crippen LogP contribution in [0.5, 0.6) is 11.5 Å². The Bertz CT molecular complexity index is 717. The van der Waals surface area contributed by atoms with Crippen LogP contribution in [-0.4, -0.2) is 51.8 Å². The molecule has 0 radical (unpaired) electrons. The second kappa shape index (κ2) is 10.9. The van der Waals surface area contributed by atoms with Gasteiger partial charge in [0.05, 0.1) is 20.2 Å². The largest absolute Gasteiger partial charge is 0.497 e. The molecular weight excluding hydrogens is 342 g/mol. The minimum atomic E-state index is 0.534. The third-order valence-corrected chi connectivity index (χ3v) is 3.77. The zero-order valence-corrected chi connectivity index (χ0v) is 16.5. The van der Waals surface area contributed by atoms with Gasteiger partial charge in [-0.1, -0.05) is 6.07 Å².